The summed E-state index contributed by atoms with van der Waals surface area (Å²) in [6, 6.07) is 5.72. The summed E-state index contributed by atoms with van der Waals surface area (Å²) in [7, 11) is 1.57. The molecule has 2 aromatic heterocycles. The number of nitrogens with one attached hydrogen (secondary N) is 1. The predicted molar refractivity (Wildman–Crippen MR) is 63.5 cm³/mol. The molecule has 0 fully saturated rings. The fourth-order valence-electron chi connectivity index (χ4n) is 1.24. The Morgan fingerprint density at radius 2 is 2.53 bits per heavy atom. The number of amides is 1. The first-order valence-electron chi connectivity index (χ1n) is 5.07. The minimum absolute atomic E-state index is 0.0255. The van der Waals surface area contributed by atoms with Crippen LogP contribution < -0.4 is 5.32 Å². The average Bonchev–Trinajstić information content (AvgIpc) is 2.98. The number of thiophene rings is 1. The molecule has 0 aliphatic carbocycles. The van der Waals surface area contributed by atoms with Crippen LogP contribution in [0.5, 0.6) is 0 Å². The van der Waals surface area contributed by atoms with Crippen molar-refractivity contribution in [2.24, 2.45) is 0 Å². The van der Waals surface area contributed by atoms with Gasteiger partial charge in [0.25, 0.3) is 0 Å². The number of hydrogen-bond acceptors (Lipinski definition) is 5. The fraction of sp³-hybridized carbons (Fsp3) is 0.273. The van der Waals surface area contributed by atoms with Crippen molar-refractivity contribution in [3.8, 4) is 10.6 Å². The van der Waals surface area contributed by atoms with Gasteiger partial charge in [-0.2, -0.15) is 0 Å². The molecule has 0 radical (unpaired) electrons. The zero-order valence-corrected chi connectivity index (χ0v) is 10.1. The molecule has 0 aliphatic rings. The summed E-state index contributed by atoms with van der Waals surface area (Å²) in [5.74, 6) is 0.561. The van der Waals surface area contributed by atoms with Crippen LogP contribution in [-0.2, 0) is 16.1 Å². The number of aromatic nitrogens is 1. The molecule has 0 bridgehead atoms. The largest absolute Gasteiger partial charge is 0.365 e. The van der Waals surface area contributed by atoms with Crippen molar-refractivity contribution in [3.63, 3.8) is 0 Å². The number of hydrogen-bond donors (Lipinski definition) is 1. The highest BCUT2D eigenvalue weighted by Crippen LogP contribution is 2.25. The molecular formula is C11H12N2O3S. The van der Waals surface area contributed by atoms with Crippen molar-refractivity contribution in [3.05, 3.63) is 29.3 Å². The van der Waals surface area contributed by atoms with Gasteiger partial charge in [-0.25, -0.2) is 0 Å². The summed E-state index contributed by atoms with van der Waals surface area (Å²) < 4.78 is 10.3. The lowest BCUT2D eigenvalue weighted by Crippen LogP contribution is -2.23. The number of ether oxygens (including phenoxy) is 1. The first-order valence-corrected chi connectivity index (χ1v) is 5.95. The summed E-state index contributed by atoms with van der Waals surface area (Å²) in [5.41, 5.74) is 0.678. The van der Waals surface area contributed by atoms with Gasteiger partial charge in [0.2, 0.25) is 5.91 Å². The van der Waals surface area contributed by atoms with Crippen molar-refractivity contribution in [1.82, 2.24) is 10.5 Å². The van der Waals surface area contributed by atoms with Gasteiger partial charge in [-0.05, 0) is 11.4 Å². The van der Waals surface area contributed by atoms with E-state index in [9.17, 15) is 4.79 Å². The lowest BCUT2D eigenvalue weighted by Gasteiger charge is -1.99. The molecule has 1 N–H and O–H groups in total. The normalized spacial score (nSPS) is 10.4. The van der Waals surface area contributed by atoms with Crippen LogP contribution in [0.25, 0.3) is 10.6 Å². The second-order valence-electron chi connectivity index (χ2n) is 3.33. The third-order valence-corrected chi connectivity index (χ3v) is 2.97. The Labute approximate surface area is 102 Å². The zero-order chi connectivity index (χ0) is 12.1. The Kier molecular flexibility index (Phi) is 3.89. The highest BCUT2D eigenvalue weighted by atomic mass is 32.1. The predicted octanol–water partition coefficient (Wildman–Crippen LogP) is 1.67. The summed E-state index contributed by atoms with van der Waals surface area (Å²) in [4.78, 5) is 11.9. The van der Waals surface area contributed by atoms with E-state index in [1.807, 2.05) is 23.6 Å². The SMILES string of the molecule is CNC(=O)COCc1cc(-c2cccs2)on1. The van der Waals surface area contributed by atoms with Crippen LogP contribution >= 0.6 is 11.3 Å². The van der Waals surface area contributed by atoms with E-state index in [1.165, 1.54) is 0 Å². The molecule has 2 rings (SSSR count). The maximum absolute atomic E-state index is 10.9. The van der Waals surface area contributed by atoms with Crippen molar-refractivity contribution in [2.45, 2.75) is 6.61 Å². The van der Waals surface area contributed by atoms with Crippen LogP contribution in [0, 0.1) is 0 Å². The van der Waals surface area contributed by atoms with Crippen LogP contribution in [0.1, 0.15) is 5.69 Å². The topological polar surface area (TPSA) is 64.4 Å². The number of nitrogens with zero attached hydrogens (tertiary/aromatic N) is 1. The lowest BCUT2D eigenvalue weighted by atomic mass is 10.3. The van der Waals surface area contributed by atoms with Crippen LogP contribution in [0.2, 0.25) is 0 Å². The van der Waals surface area contributed by atoms with Gasteiger partial charge in [-0.15, -0.1) is 11.3 Å². The highest BCUT2D eigenvalue weighted by Gasteiger charge is 2.08. The molecule has 0 saturated heterocycles. The molecule has 2 heterocycles. The molecule has 1 amide bonds. The molecule has 17 heavy (non-hydrogen) atoms. The van der Waals surface area contributed by atoms with Crippen molar-refractivity contribution < 1.29 is 14.1 Å². The zero-order valence-electron chi connectivity index (χ0n) is 9.30. The minimum atomic E-state index is -0.160. The van der Waals surface area contributed by atoms with Gasteiger partial charge in [-0.3, -0.25) is 4.79 Å². The number of carbonyl (C=O) groups is 1. The molecule has 0 aliphatic heterocycles. The Morgan fingerprint density at radius 1 is 1.65 bits per heavy atom. The maximum Gasteiger partial charge on any atom is 0.245 e. The van der Waals surface area contributed by atoms with E-state index in [2.05, 4.69) is 10.5 Å². The van der Waals surface area contributed by atoms with Gasteiger partial charge >= 0.3 is 0 Å². The Hall–Kier alpha value is -1.66. The van der Waals surface area contributed by atoms with Gasteiger partial charge in [0.15, 0.2) is 5.76 Å². The maximum atomic E-state index is 10.9. The Morgan fingerprint density at radius 3 is 3.24 bits per heavy atom. The van der Waals surface area contributed by atoms with Gasteiger partial charge in [0.1, 0.15) is 12.3 Å². The molecule has 2 aromatic rings. The van der Waals surface area contributed by atoms with Crippen molar-refractivity contribution in [2.75, 3.05) is 13.7 Å². The van der Waals surface area contributed by atoms with Gasteiger partial charge in [-0.1, -0.05) is 11.2 Å². The van der Waals surface area contributed by atoms with Crippen molar-refractivity contribution in [1.29, 1.82) is 0 Å². The third kappa shape index (κ3) is 3.15. The fourth-order valence-corrected chi connectivity index (χ4v) is 1.91. The molecular weight excluding hydrogens is 240 g/mol. The second-order valence-corrected chi connectivity index (χ2v) is 4.27. The van der Waals surface area contributed by atoms with E-state index in [0.29, 0.717) is 5.69 Å². The number of rotatable bonds is 5. The summed E-state index contributed by atoms with van der Waals surface area (Å²) in [6.45, 7) is 0.292. The smallest absolute Gasteiger partial charge is 0.245 e. The molecule has 0 aromatic carbocycles. The van der Waals surface area contributed by atoms with E-state index in [1.54, 1.807) is 18.4 Å². The molecule has 90 valence electrons. The minimum Gasteiger partial charge on any atom is -0.365 e. The summed E-state index contributed by atoms with van der Waals surface area (Å²) >= 11 is 1.58. The van der Waals surface area contributed by atoms with Gasteiger partial charge in [0, 0.05) is 13.1 Å². The van der Waals surface area contributed by atoms with E-state index in [0.717, 1.165) is 10.6 Å². The molecule has 0 saturated carbocycles. The molecule has 0 unspecified atom stereocenters. The van der Waals surface area contributed by atoms with E-state index >= 15 is 0 Å². The third-order valence-electron chi connectivity index (χ3n) is 2.08. The number of carbonyl (C=O) groups excluding carboxylic acids is 1. The molecule has 0 spiro atoms. The Bertz CT molecular complexity index is 479. The lowest BCUT2D eigenvalue weighted by molar-refractivity contribution is -0.125. The van der Waals surface area contributed by atoms with Crippen LogP contribution in [0.3, 0.4) is 0 Å². The monoisotopic (exact) mass is 252 g/mol. The Balaban J connectivity index is 1.89. The first kappa shape index (κ1) is 11.8. The number of likely N-dealkylation sites (N-methyl/N-ethyl adjacent to an activating group) is 1. The quantitative estimate of drug-likeness (QED) is 0.879. The standard InChI is InChI=1S/C11H12N2O3S/c1-12-11(14)7-15-6-8-5-9(16-13-8)10-3-2-4-17-10/h2-5H,6-7H2,1H3,(H,12,14). The highest BCUT2D eigenvalue weighted by molar-refractivity contribution is 7.13. The van der Waals surface area contributed by atoms with Crippen molar-refractivity contribution >= 4 is 17.2 Å². The van der Waals surface area contributed by atoms with Gasteiger partial charge in [0.05, 0.1) is 11.5 Å². The second kappa shape index (κ2) is 5.60. The summed E-state index contributed by atoms with van der Waals surface area (Å²) in [6.07, 6.45) is 0. The van der Waals surface area contributed by atoms with E-state index in [4.69, 9.17) is 9.26 Å². The summed E-state index contributed by atoms with van der Waals surface area (Å²) in [5, 5.41) is 8.31. The average molecular weight is 252 g/mol. The first-order chi connectivity index (χ1) is 8.29. The molecule has 0 atom stereocenters. The van der Waals surface area contributed by atoms with E-state index in [-0.39, 0.29) is 19.1 Å². The van der Waals surface area contributed by atoms with Crippen LogP contribution in [0.15, 0.2) is 28.1 Å². The molecule has 5 nitrogen and oxygen atoms in total. The molecule has 6 heteroatoms. The van der Waals surface area contributed by atoms with Crippen LogP contribution in [0.4, 0.5) is 0 Å². The van der Waals surface area contributed by atoms with Crippen LogP contribution in [-0.4, -0.2) is 24.7 Å². The van der Waals surface area contributed by atoms with E-state index < -0.39 is 0 Å². The van der Waals surface area contributed by atoms with Gasteiger partial charge < -0.3 is 14.6 Å².